The lowest BCUT2D eigenvalue weighted by Crippen LogP contribution is -2.25. The van der Waals surface area contributed by atoms with Gasteiger partial charge in [0.25, 0.3) is 11.5 Å². The highest BCUT2D eigenvalue weighted by atomic mass is 32.2. The second-order valence-electron chi connectivity index (χ2n) is 7.03. The molecule has 1 aromatic carbocycles. The summed E-state index contributed by atoms with van der Waals surface area (Å²) in [4.78, 5) is 42.4. The largest absolute Gasteiger partial charge is 0.293 e. The highest BCUT2D eigenvalue weighted by Crippen LogP contribution is 2.22. The van der Waals surface area contributed by atoms with E-state index in [2.05, 4.69) is 10.4 Å². The average Bonchev–Trinajstić information content (AvgIpc) is 3.35. The van der Waals surface area contributed by atoms with Crippen LogP contribution in [0.2, 0.25) is 0 Å². The highest BCUT2D eigenvalue weighted by Gasteiger charge is 2.19. The van der Waals surface area contributed by atoms with Gasteiger partial charge >= 0.3 is 0 Å². The Morgan fingerprint density at radius 1 is 1.16 bits per heavy atom. The number of fused-ring (bicyclic) bond motifs is 1. The van der Waals surface area contributed by atoms with E-state index in [1.807, 2.05) is 18.4 Å². The Kier molecular flexibility index (Phi) is 5.79. The number of amides is 1. The third-order valence-electron chi connectivity index (χ3n) is 4.96. The summed E-state index contributed by atoms with van der Waals surface area (Å²) in [5.74, 6) is -0.218. The third-order valence-corrected chi connectivity index (χ3v) is 6.88. The van der Waals surface area contributed by atoms with E-state index in [9.17, 15) is 14.4 Å². The van der Waals surface area contributed by atoms with Crippen molar-refractivity contribution in [2.24, 2.45) is 7.05 Å². The van der Waals surface area contributed by atoms with Gasteiger partial charge in [0.05, 0.1) is 11.3 Å². The normalized spacial score (nSPS) is 11.1. The molecule has 4 aromatic rings. The molecular formula is C22H20N4O3S2. The van der Waals surface area contributed by atoms with Gasteiger partial charge < -0.3 is 0 Å². The number of thioether (sulfide) groups is 1. The Labute approximate surface area is 186 Å². The van der Waals surface area contributed by atoms with Crippen LogP contribution in [0.5, 0.6) is 0 Å². The monoisotopic (exact) mass is 452 g/mol. The molecule has 158 valence electrons. The Bertz CT molecular complexity index is 1350. The van der Waals surface area contributed by atoms with Crippen LogP contribution in [0.4, 0.5) is 0 Å². The van der Waals surface area contributed by atoms with Gasteiger partial charge in [0, 0.05) is 29.6 Å². The van der Waals surface area contributed by atoms with E-state index in [0.717, 1.165) is 5.69 Å². The molecule has 1 amide bonds. The number of aryl methyl sites for hydroxylation is 1. The predicted octanol–water partition coefficient (Wildman–Crippen LogP) is 3.77. The molecule has 9 heteroatoms. The quantitative estimate of drug-likeness (QED) is 0.273. The topological polar surface area (TPSA) is 86.0 Å². The molecule has 0 spiro atoms. The van der Waals surface area contributed by atoms with E-state index in [1.54, 1.807) is 55.0 Å². The second-order valence-corrected chi connectivity index (χ2v) is 8.89. The van der Waals surface area contributed by atoms with E-state index in [4.69, 9.17) is 0 Å². The fourth-order valence-corrected chi connectivity index (χ4v) is 4.94. The second kappa shape index (κ2) is 8.52. The van der Waals surface area contributed by atoms with Crippen molar-refractivity contribution in [3.05, 3.63) is 80.7 Å². The zero-order valence-corrected chi connectivity index (χ0v) is 18.8. The lowest BCUT2D eigenvalue weighted by molar-refractivity contribution is 0.0999. The molecule has 0 aliphatic heterocycles. The predicted molar refractivity (Wildman–Crippen MR) is 124 cm³/mol. The van der Waals surface area contributed by atoms with Gasteiger partial charge in [0.15, 0.2) is 10.9 Å². The fraction of sp³-hybridized carbons (Fsp3) is 0.182. The van der Waals surface area contributed by atoms with Gasteiger partial charge in [0.2, 0.25) is 0 Å². The molecule has 0 radical (unpaired) electrons. The van der Waals surface area contributed by atoms with Crippen LogP contribution in [0, 0.1) is 13.8 Å². The Morgan fingerprint density at radius 3 is 2.65 bits per heavy atom. The molecule has 3 heterocycles. The van der Waals surface area contributed by atoms with Crippen molar-refractivity contribution in [2.75, 3.05) is 11.2 Å². The standard InChI is InChI=1S/C22H20N4O3S2/c1-13-11-16(14(2)26(13)24-20(28)15-7-5-4-6-8-15)18(27)12-31-22-23-17-9-10-30-19(17)21(29)25(22)3/h4-11H,12H2,1-3H3,(H,24,28). The van der Waals surface area contributed by atoms with Gasteiger partial charge in [-0.15, -0.1) is 11.3 Å². The van der Waals surface area contributed by atoms with E-state index < -0.39 is 0 Å². The Morgan fingerprint density at radius 2 is 1.90 bits per heavy atom. The smallest absolute Gasteiger partial charge is 0.271 e. The van der Waals surface area contributed by atoms with Crippen LogP contribution < -0.4 is 11.0 Å². The zero-order chi connectivity index (χ0) is 22.1. The van der Waals surface area contributed by atoms with Gasteiger partial charge in [0.1, 0.15) is 4.70 Å². The number of nitrogens with one attached hydrogen (secondary N) is 1. The number of carbonyl (C=O) groups excluding carboxylic acids is 2. The van der Waals surface area contributed by atoms with Crippen LogP contribution in [0.25, 0.3) is 10.2 Å². The van der Waals surface area contributed by atoms with Crippen LogP contribution in [0.3, 0.4) is 0 Å². The lowest BCUT2D eigenvalue weighted by Gasteiger charge is -2.11. The first-order chi connectivity index (χ1) is 14.9. The molecule has 0 fully saturated rings. The molecule has 0 unspecified atom stereocenters. The number of benzene rings is 1. The van der Waals surface area contributed by atoms with Gasteiger partial charge in [-0.25, -0.2) is 4.98 Å². The first kappa shape index (κ1) is 21.1. The number of aromatic nitrogens is 3. The first-order valence-electron chi connectivity index (χ1n) is 9.52. The summed E-state index contributed by atoms with van der Waals surface area (Å²) in [5.41, 5.74) is 5.84. The maximum Gasteiger partial charge on any atom is 0.271 e. The summed E-state index contributed by atoms with van der Waals surface area (Å²) in [6, 6.07) is 12.5. The average molecular weight is 453 g/mol. The van der Waals surface area contributed by atoms with Crippen LogP contribution in [-0.4, -0.2) is 31.7 Å². The number of hydrogen-bond donors (Lipinski definition) is 1. The van der Waals surface area contributed by atoms with Gasteiger partial charge in [-0.05, 0) is 43.5 Å². The van der Waals surface area contributed by atoms with Crippen molar-refractivity contribution in [2.45, 2.75) is 19.0 Å². The summed E-state index contributed by atoms with van der Waals surface area (Å²) < 4.78 is 3.70. The fourth-order valence-electron chi connectivity index (χ4n) is 3.28. The van der Waals surface area contributed by atoms with E-state index >= 15 is 0 Å². The van der Waals surface area contributed by atoms with Crippen LogP contribution in [0.1, 0.15) is 32.1 Å². The third kappa shape index (κ3) is 4.06. The molecule has 0 atom stereocenters. The summed E-state index contributed by atoms with van der Waals surface area (Å²) in [7, 11) is 1.66. The molecule has 4 rings (SSSR count). The molecule has 31 heavy (non-hydrogen) atoms. The maximum atomic E-state index is 12.9. The minimum Gasteiger partial charge on any atom is -0.293 e. The van der Waals surface area contributed by atoms with Crippen molar-refractivity contribution in [3.63, 3.8) is 0 Å². The van der Waals surface area contributed by atoms with Crippen molar-refractivity contribution in [3.8, 4) is 0 Å². The van der Waals surface area contributed by atoms with E-state index in [1.165, 1.54) is 27.7 Å². The molecule has 0 aliphatic carbocycles. The molecule has 0 bridgehead atoms. The first-order valence-corrected chi connectivity index (χ1v) is 11.4. The molecule has 1 N–H and O–H groups in total. The molecule has 7 nitrogen and oxygen atoms in total. The van der Waals surface area contributed by atoms with Crippen LogP contribution in [-0.2, 0) is 7.05 Å². The molecule has 3 aromatic heterocycles. The molecule has 0 aliphatic rings. The number of hydrogen-bond acceptors (Lipinski definition) is 6. The maximum absolute atomic E-state index is 12.9. The van der Waals surface area contributed by atoms with Crippen LogP contribution >= 0.6 is 23.1 Å². The van der Waals surface area contributed by atoms with Crippen molar-refractivity contribution in [1.82, 2.24) is 14.2 Å². The molecule has 0 saturated carbocycles. The Hall–Kier alpha value is -3.17. The summed E-state index contributed by atoms with van der Waals surface area (Å²) >= 11 is 2.59. The summed E-state index contributed by atoms with van der Waals surface area (Å²) in [6.45, 7) is 3.62. The van der Waals surface area contributed by atoms with E-state index in [0.29, 0.717) is 32.2 Å². The van der Waals surface area contributed by atoms with Gasteiger partial charge in [-0.1, -0.05) is 30.0 Å². The van der Waals surface area contributed by atoms with Crippen molar-refractivity contribution in [1.29, 1.82) is 0 Å². The SMILES string of the molecule is Cc1cc(C(=O)CSc2nc3ccsc3c(=O)n2C)c(C)n1NC(=O)c1ccccc1. The molecular weight excluding hydrogens is 432 g/mol. The minimum atomic E-state index is -0.251. The summed E-state index contributed by atoms with van der Waals surface area (Å²) in [5, 5.41) is 2.33. The zero-order valence-electron chi connectivity index (χ0n) is 17.2. The van der Waals surface area contributed by atoms with Crippen molar-refractivity contribution < 1.29 is 9.59 Å². The Balaban J connectivity index is 1.52. The van der Waals surface area contributed by atoms with Gasteiger partial charge in [-0.2, -0.15) is 0 Å². The highest BCUT2D eigenvalue weighted by molar-refractivity contribution is 7.99. The number of ketones is 1. The van der Waals surface area contributed by atoms with Gasteiger partial charge in [-0.3, -0.25) is 29.1 Å². The van der Waals surface area contributed by atoms with Crippen LogP contribution in [0.15, 0.2) is 57.8 Å². The van der Waals surface area contributed by atoms with Crippen molar-refractivity contribution >= 4 is 45.0 Å². The van der Waals surface area contributed by atoms with E-state index in [-0.39, 0.29) is 23.0 Å². The number of Topliss-reactive ketones (excluding diaryl/α,β-unsaturated/α-hetero) is 1. The lowest BCUT2D eigenvalue weighted by atomic mass is 10.2. The number of thiophene rings is 1. The number of carbonyl (C=O) groups is 2. The number of rotatable bonds is 6. The molecule has 0 saturated heterocycles. The number of nitrogens with zero attached hydrogens (tertiary/aromatic N) is 3. The summed E-state index contributed by atoms with van der Waals surface area (Å²) in [6.07, 6.45) is 0. The minimum absolute atomic E-state index is 0.0991.